The van der Waals surface area contributed by atoms with Crippen LogP contribution in [0.3, 0.4) is 0 Å². The molecule has 0 atom stereocenters. The van der Waals surface area contributed by atoms with Gasteiger partial charge in [0.05, 0.1) is 0 Å². The zero-order chi connectivity index (χ0) is 38.5. The Morgan fingerprint density at radius 1 is 0.519 bits per heavy atom. The van der Waals surface area contributed by atoms with Crippen LogP contribution in [0.2, 0.25) is 13.1 Å². The van der Waals surface area contributed by atoms with Crippen molar-refractivity contribution in [3.05, 3.63) is 130 Å². The van der Waals surface area contributed by atoms with Gasteiger partial charge in [0.1, 0.15) is 0 Å². The van der Waals surface area contributed by atoms with Crippen LogP contribution >= 0.6 is 17.0 Å². The topological polar surface area (TPSA) is 0 Å². The van der Waals surface area contributed by atoms with Crippen molar-refractivity contribution in [2.75, 3.05) is 0 Å². The van der Waals surface area contributed by atoms with E-state index in [0.29, 0.717) is 0 Å². The molecule has 0 spiro atoms. The zero-order valence-electron chi connectivity index (χ0n) is 33.6. The number of hydrogen-bond acceptors (Lipinski definition) is 0. The molecule has 54 heavy (non-hydrogen) atoms. The average Bonchev–Trinajstić information content (AvgIpc) is 3.76. The van der Waals surface area contributed by atoms with E-state index < -0.39 is 20.8 Å². The molecule has 0 amide bonds. The fourth-order valence-electron chi connectivity index (χ4n) is 8.69. The third kappa shape index (κ3) is 12.4. The molecule has 2 radical (unpaired) electrons. The summed E-state index contributed by atoms with van der Waals surface area (Å²) in [5.74, 6) is 1.80. The van der Waals surface area contributed by atoms with Crippen molar-refractivity contribution in [2.45, 2.75) is 118 Å². The summed E-state index contributed by atoms with van der Waals surface area (Å²) in [6.45, 7) is 13.0. The summed E-state index contributed by atoms with van der Waals surface area (Å²) in [5, 5.41) is 5.68. The summed E-state index contributed by atoms with van der Waals surface area (Å²) in [6, 6.07) is 37.1. The Kier molecular flexibility index (Phi) is 17.4. The van der Waals surface area contributed by atoms with Gasteiger partial charge in [-0.15, -0.1) is 56.9 Å². The van der Waals surface area contributed by atoms with Crippen LogP contribution in [0.4, 0.5) is 0 Å². The minimum atomic E-state index is -0.826. The van der Waals surface area contributed by atoms with E-state index in [1.54, 1.807) is 0 Å². The van der Waals surface area contributed by atoms with Crippen LogP contribution in [0.1, 0.15) is 97.6 Å². The number of rotatable bonds is 6. The molecule has 2 aliphatic rings. The average molecular weight is 851 g/mol. The first-order valence-corrected chi connectivity index (χ1v) is 28.6. The van der Waals surface area contributed by atoms with E-state index in [4.69, 9.17) is 17.0 Å². The standard InChI is InChI=1S/2C24H27.C2H6Si.2ClH.Zr/c2*1-17-8-10-21(11-9-17)23-13-18(2)12-22-15-20(16-24(22)23)14-19-6-4-3-5-7-19;1-3-2;;;/h2*8-13,15-16,19H,3-7,14H2,1-2H3;1-2H3;2*1H;/q2*-1;;;;+4/p-2. The van der Waals surface area contributed by atoms with Crippen molar-refractivity contribution in [3.63, 3.8) is 0 Å². The fourth-order valence-corrected chi connectivity index (χ4v) is 8.69. The third-order valence-electron chi connectivity index (χ3n) is 11.3. The van der Waals surface area contributed by atoms with Gasteiger partial charge in [-0.3, -0.25) is 0 Å². The van der Waals surface area contributed by atoms with Crippen LogP contribution in [0.15, 0.2) is 97.1 Å². The van der Waals surface area contributed by atoms with E-state index in [0.717, 1.165) is 21.4 Å². The fraction of sp³-hybridized carbons (Fsp3) is 0.400. The van der Waals surface area contributed by atoms with E-state index >= 15 is 0 Å². The van der Waals surface area contributed by atoms with Crippen LogP contribution in [0.25, 0.3) is 43.8 Å². The van der Waals surface area contributed by atoms with Crippen LogP contribution < -0.4 is 0 Å². The number of halogens is 2. The van der Waals surface area contributed by atoms with Gasteiger partial charge in [-0.05, 0) is 63.5 Å². The van der Waals surface area contributed by atoms with Crippen LogP contribution in [-0.4, -0.2) is 9.52 Å². The summed E-state index contributed by atoms with van der Waals surface area (Å²) < 4.78 is 0. The van der Waals surface area contributed by atoms with Crippen molar-refractivity contribution in [3.8, 4) is 22.3 Å². The second-order valence-corrected chi connectivity index (χ2v) is 20.8. The van der Waals surface area contributed by atoms with Gasteiger partial charge in [0.15, 0.2) is 0 Å². The van der Waals surface area contributed by atoms with Crippen molar-refractivity contribution in [1.29, 1.82) is 0 Å². The number of fused-ring (bicyclic) bond motifs is 2. The molecule has 282 valence electrons. The maximum atomic E-state index is 4.93. The molecule has 0 aliphatic heterocycles. The summed E-state index contributed by atoms with van der Waals surface area (Å²) in [6.07, 6.45) is 16.8. The summed E-state index contributed by atoms with van der Waals surface area (Å²) in [4.78, 5) is 0. The number of benzene rings is 4. The van der Waals surface area contributed by atoms with Crippen LogP contribution in [-0.2, 0) is 33.7 Å². The van der Waals surface area contributed by atoms with Gasteiger partial charge in [0.25, 0.3) is 0 Å². The molecular weight excluding hydrogens is 791 g/mol. The molecule has 2 saturated carbocycles. The van der Waals surface area contributed by atoms with Gasteiger partial charge in [0, 0.05) is 9.52 Å². The maximum absolute atomic E-state index is 4.93. The van der Waals surface area contributed by atoms with Crippen molar-refractivity contribution in [1.82, 2.24) is 0 Å². The Labute approximate surface area is 348 Å². The SMILES string of the molecule is C[Si]C.Cc1ccc(-c2cc(C)cc3[cH-]c(CC4CCCCC4)cc23)cc1.Cc1ccc(-c2cc(C)cc3[cH-]c(CC4CCCCC4)cc23)cc1.[Cl][Zr+2][Cl]. The summed E-state index contributed by atoms with van der Waals surface area (Å²) in [5.41, 5.74) is 13.9. The minimum absolute atomic E-state index is 0.826. The Balaban J connectivity index is 0.000000182. The number of hydrogen-bond donors (Lipinski definition) is 0. The second-order valence-electron chi connectivity index (χ2n) is 16.1. The first-order valence-electron chi connectivity index (χ1n) is 20.3. The first-order chi connectivity index (χ1) is 26.2. The molecule has 2 fully saturated rings. The Bertz CT molecular complexity index is 1860. The van der Waals surface area contributed by atoms with Gasteiger partial charge in [-0.2, -0.15) is 12.1 Å². The molecular formula is C50H60Cl2SiZr. The Morgan fingerprint density at radius 3 is 1.19 bits per heavy atom. The summed E-state index contributed by atoms with van der Waals surface area (Å²) in [7, 11) is 11.0. The van der Waals surface area contributed by atoms with Crippen molar-refractivity contribution >= 4 is 48.1 Å². The molecule has 0 heterocycles. The first kappa shape index (κ1) is 42.9. The van der Waals surface area contributed by atoms with Gasteiger partial charge in [-0.25, -0.2) is 0 Å². The van der Waals surface area contributed by atoms with Gasteiger partial charge >= 0.3 is 37.9 Å². The Hall–Kier alpha value is -2.22. The molecule has 0 unspecified atom stereocenters. The molecule has 2 aliphatic carbocycles. The van der Waals surface area contributed by atoms with Crippen molar-refractivity contribution < 1.29 is 20.8 Å². The predicted octanol–water partition coefficient (Wildman–Crippen LogP) is 16.1. The molecule has 6 aromatic carbocycles. The van der Waals surface area contributed by atoms with Crippen molar-refractivity contribution in [2.24, 2.45) is 11.8 Å². The van der Waals surface area contributed by atoms with E-state index in [9.17, 15) is 0 Å². The molecule has 0 aromatic heterocycles. The molecule has 0 N–H and O–H groups in total. The molecule has 4 heteroatoms. The second kappa shape index (κ2) is 21.9. The third-order valence-corrected chi connectivity index (χ3v) is 11.3. The summed E-state index contributed by atoms with van der Waals surface area (Å²) >= 11 is -0.826. The van der Waals surface area contributed by atoms with E-state index in [2.05, 4.69) is 138 Å². The monoisotopic (exact) mass is 848 g/mol. The quantitative estimate of drug-likeness (QED) is 0.116. The molecule has 0 bridgehead atoms. The zero-order valence-corrected chi connectivity index (χ0v) is 38.6. The predicted molar refractivity (Wildman–Crippen MR) is 239 cm³/mol. The molecule has 0 nitrogen and oxygen atoms in total. The molecule has 0 saturated heterocycles. The van der Waals surface area contributed by atoms with Crippen LogP contribution in [0.5, 0.6) is 0 Å². The van der Waals surface area contributed by atoms with Crippen LogP contribution in [0, 0.1) is 39.5 Å². The molecule has 6 aromatic rings. The Morgan fingerprint density at radius 2 is 0.852 bits per heavy atom. The van der Waals surface area contributed by atoms with Gasteiger partial charge in [-0.1, -0.05) is 171 Å². The normalized spacial score (nSPS) is 14.7. The van der Waals surface area contributed by atoms with Gasteiger partial charge in [0.2, 0.25) is 0 Å². The van der Waals surface area contributed by atoms with E-state index in [-0.39, 0.29) is 0 Å². The van der Waals surface area contributed by atoms with E-state index in [1.807, 2.05) is 0 Å². The number of aryl methyl sites for hydroxylation is 4. The van der Waals surface area contributed by atoms with E-state index in [1.165, 1.54) is 154 Å². The molecule has 8 rings (SSSR count). The van der Waals surface area contributed by atoms with Gasteiger partial charge < -0.3 is 0 Å².